The number of hydrogen-bond donors (Lipinski definition) is 1. The largest absolute Gasteiger partial charge is 0.494 e. The highest BCUT2D eigenvalue weighted by Crippen LogP contribution is 2.13. The van der Waals surface area contributed by atoms with Crippen molar-refractivity contribution >= 4 is 10.2 Å². The van der Waals surface area contributed by atoms with Crippen molar-refractivity contribution in [3.05, 3.63) is 29.8 Å². The summed E-state index contributed by atoms with van der Waals surface area (Å²) in [6, 6.07) is 7.85. The molecule has 0 atom stereocenters. The van der Waals surface area contributed by atoms with Gasteiger partial charge in [-0.05, 0) is 43.9 Å². The molecule has 22 heavy (non-hydrogen) atoms. The monoisotopic (exact) mass is 326 g/mol. The van der Waals surface area contributed by atoms with Crippen LogP contribution in [-0.2, 0) is 10.2 Å². The molecule has 0 aliphatic carbocycles. The number of ether oxygens (including phenoxy) is 1. The van der Waals surface area contributed by atoms with E-state index < -0.39 is 10.2 Å². The third-order valence-electron chi connectivity index (χ3n) is 3.77. The Morgan fingerprint density at radius 1 is 1.18 bits per heavy atom. The smallest absolute Gasteiger partial charge is 0.279 e. The highest BCUT2D eigenvalue weighted by atomic mass is 32.2. The lowest BCUT2D eigenvalue weighted by atomic mass is 10.2. The lowest BCUT2D eigenvalue weighted by Gasteiger charge is -2.20. The van der Waals surface area contributed by atoms with Gasteiger partial charge in [-0.3, -0.25) is 0 Å². The summed E-state index contributed by atoms with van der Waals surface area (Å²) >= 11 is 0. The maximum absolute atomic E-state index is 12.2. The van der Waals surface area contributed by atoms with Gasteiger partial charge in [0.1, 0.15) is 5.75 Å². The van der Waals surface area contributed by atoms with Gasteiger partial charge in [0.15, 0.2) is 0 Å². The predicted octanol–water partition coefficient (Wildman–Crippen LogP) is 2.47. The zero-order valence-electron chi connectivity index (χ0n) is 13.3. The molecule has 124 valence electrons. The molecule has 1 heterocycles. The van der Waals surface area contributed by atoms with Crippen LogP contribution in [0.15, 0.2) is 24.3 Å². The number of aryl methyl sites for hydroxylation is 1. The fourth-order valence-electron chi connectivity index (χ4n) is 2.54. The Bertz CT molecular complexity index is 552. The summed E-state index contributed by atoms with van der Waals surface area (Å²) in [5.74, 6) is 0.829. The number of rotatable bonds is 7. The van der Waals surface area contributed by atoms with Gasteiger partial charge in [0, 0.05) is 19.6 Å². The molecule has 0 aromatic heterocycles. The Balaban J connectivity index is 1.69. The van der Waals surface area contributed by atoms with E-state index in [1.807, 2.05) is 31.2 Å². The number of nitrogens with one attached hydrogen (secondary N) is 1. The third kappa shape index (κ3) is 5.59. The lowest BCUT2D eigenvalue weighted by Crippen LogP contribution is -2.41. The summed E-state index contributed by atoms with van der Waals surface area (Å²) in [5, 5.41) is 0. The molecule has 1 aliphatic rings. The molecular weight excluding hydrogens is 300 g/mol. The molecule has 6 heteroatoms. The van der Waals surface area contributed by atoms with Crippen LogP contribution in [0.1, 0.15) is 37.7 Å². The SMILES string of the molecule is Cc1cccc(OCCCNS(=O)(=O)N2CCCCCC2)c1. The molecule has 1 saturated heterocycles. The van der Waals surface area contributed by atoms with Crippen LogP contribution >= 0.6 is 0 Å². The number of hydrogen-bond acceptors (Lipinski definition) is 3. The number of benzene rings is 1. The summed E-state index contributed by atoms with van der Waals surface area (Å²) in [6.45, 7) is 4.20. The fourth-order valence-corrected chi connectivity index (χ4v) is 3.87. The first-order chi connectivity index (χ1) is 10.6. The van der Waals surface area contributed by atoms with Gasteiger partial charge in [0.05, 0.1) is 6.61 Å². The normalized spacial score (nSPS) is 17.1. The van der Waals surface area contributed by atoms with Crippen LogP contribution in [0.2, 0.25) is 0 Å². The minimum atomic E-state index is -3.33. The minimum Gasteiger partial charge on any atom is -0.494 e. The summed E-state index contributed by atoms with van der Waals surface area (Å²) in [6.07, 6.45) is 4.81. The van der Waals surface area contributed by atoms with Crippen LogP contribution in [0.4, 0.5) is 0 Å². The van der Waals surface area contributed by atoms with Gasteiger partial charge in [-0.15, -0.1) is 0 Å². The second-order valence-corrected chi connectivity index (χ2v) is 7.49. The average Bonchev–Trinajstić information content (AvgIpc) is 2.76. The Kier molecular flexibility index (Phi) is 6.67. The second-order valence-electron chi connectivity index (χ2n) is 5.73. The second kappa shape index (κ2) is 8.50. The van der Waals surface area contributed by atoms with Crippen molar-refractivity contribution < 1.29 is 13.2 Å². The Morgan fingerprint density at radius 3 is 2.59 bits per heavy atom. The molecule has 0 spiro atoms. The first-order valence-corrected chi connectivity index (χ1v) is 9.46. The molecule has 1 aromatic rings. The standard InChI is InChI=1S/C16H26N2O3S/c1-15-8-6-9-16(14-15)21-13-7-10-17-22(19,20)18-11-4-2-3-5-12-18/h6,8-9,14,17H,2-5,7,10-13H2,1H3. The quantitative estimate of drug-likeness (QED) is 0.783. The van der Waals surface area contributed by atoms with Gasteiger partial charge >= 0.3 is 0 Å². The van der Waals surface area contributed by atoms with Crippen molar-refractivity contribution in [3.8, 4) is 5.75 Å². The van der Waals surface area contributed by atoms with E-state index >= 15 is 0 Å². The molecule has 2 rings (SSSR count). The van der Waals surface area contributed by atoms with Gasteiger partial charge in [-0.2, -0.15) is 12.7 Å². The van der Waals surface area contributed by atoms with Crippen molar-refractivity contribution in [3.63, 3.8) is 0 Å². The van der Waals surface area contributed by atoms with E-state index in [0.29, 0.717) is 32.7 Å². The van der Waals surface area contributed by atoms with Crippen LogP contribution in [0.5, 0.6) is 5.75 Å². The van der Waals surface area contributed by atoms with Crippen LogP contribution in [0.3, 0.4) is 0 Å². The predicted molar refractivity (Wildman–Crippen MR) is 88.3 cm³/mol. The maximum Gasteiger partial charge on any atom is 0.279 e. The van der Waals surface area contributed by atoms with E-state index in [2.05, 4.69) is 4.72 Å². The topological polar surface area (TPSA) is 58.6 Å². The van der Waals surface area contributed by atoms with Gasteiger partial charge < -0.3 is 4.74 Å². The van der Waals surface area contributed by atoms with E-state index in [-0.39, 0.29) is 0 Å². The Labute approximate surface area is 133 Å². The molecule has 1 N–H and O–H groups in total. The van der Waals surface area contributed by atoms with Gasteiger partial charge in [0.25, 0.3) is 10.2 Å². The summed E-state index contributed by atoms with van der Waals surface area (Å²) in [5.41, 5.74) is 1.15. The summed E-state index contributed by atoms with van der Waals surface area (Å²) < 4.78 is 34.2. The summed E-state index contributed by atoms with van der Waals surface area (Å²) in [7, 11) is -3.33. The first kappa shape index (κ1) is 17.2. The molecule has 0 amide bonds. The average molecular weight is 326 g/mol. The molecular formula is C16H26N2O3S. The number of nitrogens with zero attached hydrogens (tertiary/aromatic N) is 1. The molecule has 1 fully saturated rings. The van der Waals surface area contributed by atoms with Crippen molar-refractivity contribution in [2.24, 2.45) is 0 Å². The molecule has 1 aliphatic heterocycles. The van der Waals surface area contributed by atoms with Crippen LogP contribution in [-0.4, -0.2) is 39.0 Å². The highest BCUT2D eigenvalue weighted by Gasteiger charge is 2.21. The van der Waals surface area contributed by atoms with E-state index in [9.17, 15) is 8.42 Å². The molecule has 0 radical (unpaired) electrons. The van der Waals surface area contributed by atoms with Crippen molar-refractivity contribution in [1.82, 2.24) is 9.03 Å². The highest BCUT2D eigenvalue weighted by molar-refractivity contribution is 7.87. The van der Waals surface area contributed by atoms with Crippen molar-refractivity contribution in [2.45, 2.75) is 39.0 Å². The Hall–Kier alpha value is -1.11. The fraction of sp³-hybridized carbons (Fsp3) is 0.625. The van der Waals surface area contributed by atoms with Gasteiger partial charge in [-0.1, -0.05) is 25.0 Å². The van der Waals surface area contributed by atoms with Gasteiger partial charge in [0.2, 0.25) is 0 Å². The Morgan fingerprint density at radius 2 is 1.91 bits per heavy atom. The molecule has 1 aromatic carbocycles. The minimum absolute atomic E-state index is 0.407. The van der Waals surface area contributed by atoms with Gasteiger partial charge in [-0.25, -0.2) is 4.72 Å². The van der Waals surface area contributed by atoms with E-state index in [1.165, 1.54) is 0 Å². The maximum atomic E-state index is 12.2. The molecule has 5 nitrogen and oxygen atoms in total. The third-order valence-corrected chi connectivity index (χ3v) is 5.38. The van der Waals surface area contributed by atoms with E-state index in [4.69, 9.17) is 4.74 Å². The molecule has 0 bridgehead atoms. The first-order valence-electron chi connectivity index (χ1n) is 8.02. The van der Waals surface area contributed by atoms with Crippen LogP contribution in [0.25, 0.3) is 0 Å². The van der Waals surface area contributed by atoms with E-state index in [1.54, 1.807) is 4.31 Å². The lowest BCUT2D eigenvalue weighted by molar-refractivity contribution is 0.310. The zero-order valence-corrected chi connectivity index (χ0v) is 14.1. The molecule has 0 saturated carbocycles. The van der Waals surface area contributed by atoms with Crippen molar-refractivity contribution in [2.75, 3.05) is 26.2 Å². The van der Waals surface area contributed by atoms with E-state index in [0.717, 1.165) is 37.0 Å². The van der Waals surface area contributed by atoms with Crippen LogP contribution < -0.4 is 9.46 Å². The van der Waals surface area contributed by atoms with Crippen molar-refractivity contribution in [1.29, 1.82) is 0 Å². The van der Waals surface area contributed by atoms with Crippen LogP contribution in [0, 0.1) is 6.92 Å². The molecule has 0 unspecified atom stereocenters. The summed E-state index contributed by atoms with van der Waals surface area (Å²) in [4.78, 5) is 0. The zero-order chi connectivity index (χ0) is 15.8.